The molecule has 0 bridgehead atoms. The van der Waals surface area contributed by atoms with Crippen LogP contribution in [-0.4, -0.2) is 41.1 Å². The number of benzene rings is 2. The fourth-order valence-electron chi connectivity index (χ4n) is 3.76. The highest BCUT2D eigenvalue weighted by atomic mass is 79.9. The Hall–Kier alpha value is -2.71. The van der Waals surface area contributed by atoms with Gasteiger partial charge in [-0.15, -0.1) is 0 Å². The number of nitrogens with zero attached hydrogens (tertiary/aromatic N) is 3. The minimum atomic E-state index is 0.0203. The van der Waals surface area contributed by atoms with E-state index in [1.165, 1.54) is 0 Å². The van der Waals surface area contributed by atoms with Crippen molar-refractivity contribution in [3.63, 3.8) is 0 Å². The van der Waals surface area contributed by atoms with Crippen LogP contribution in [0, 0.1) is 5.92 Å². The molecule has 0 aliphatic carbocycles. The van der Waals surface area contributed by atoms with E-state index in [9.17, 15) is 4.79 Å². The van der Waals surface area contributed by atoms with E-state index in [4.69, 9.17) is 9.26 Å². The summed E-state index contributed by atoms with van der Waals surface area (Å²) in [5.41, 5.74) is 1.90. The Morgan fingerprint density at radius 2 is 1.94 bits per heavy atom. The fourth-order valence-corrected chi connectivity index (χ4v) is 4.02. The Bertz CT molecular complexity index is 1010. The van der Waals surface area contributed by atoms with Gasteiger partial charge < -0.3 is 14.6 Å². The van der Waals surface area contributed by atoms with E-state index < -0.39 is 0 Å². The van der Waals surface area contributed by atoms with Gasteiger partial charge in [-0.05, 0) is 56.3 Å². The molecule has 2 aromatic carbocycles. The number of hydrogen-bond acceptors (Lipinski definition) is 6. The Kier molecular flexibility index (Phi) is 6.99. The highest BCUT2D eigenvalue weighted by molar-refractivity contribution is 9.10. The van der Waals surface area contributed by atoms with E-state index in [-0.39, 0.29) is 11.8 Å². The van der Waals surface area contributed by atoms with Gasteiger partial charge in [0, 0.05) is 28.1 Å². The largest absolute Gasteiger partial charge is 0.496 e. The first-order valence-electron chi connectivity index (χ1n) is 10.3. The van der Waals surface area contributed by atoms with Gasteiger partial charge in [-0.3, -0.25) is 9.69 Å². The molecule has 162 valence electrons. The van der Waals surface area contributed by atoms with Crippen LogP contribution in [0.5, 0.6) is 5.75 Å². The number of halogens is 1. The molecule has 0 spiro atoms. The zero-order valence-electron chi connectivity index (χ0n) is 17.4. The summed E-state index contributed by atoms with van der Waals surface area (Å²) >= 11 is 3.43. The number of para-hydroxylation sites is 1. The van der Waals surface area contributed by atoms with Crippen molar-refractivity contribution in [3.8, 4) is 17.1 Å². The molecule has 1 aliphatic heterocycles. The summed E-state index contributed by atoms with van der Waals surface area (Å²) in [6.45, 7) is 2.72. The van der Waals surface area contributed by atoms with Crippen LogP contribution in [-0.2, 0) is 17.9 Å². The molecule has 2 heterocycles. The Morgan fingerprint density at radius 3 is 2.68 bits per heavy atom. The molecule has 0 saturated carbocycles. The van der Waals surface area contributed by atoms with Gasteiger partial charge >= 0.3 is 0 Å². The molecule has 3 aromatic rings. The zero-order valence-corrected chi connectivity index (χ0v) is 19.0. The molecule has 1 N–H and O–H groups in total. The van der Waals surface area contributed by atoms with E-state index >= 15 is 0 Å². The van der Waals surface area contributed by atoms with Crippen LogP contribution in [0.3, 0.4) is 0 Å². The second-order valence-corrected chi connectivity index (χ2v) is 8.51. The van der Waals surface area contributed by atoms with Crippen molar-refractivity contribution >= 4 is 21.8 Å². The Labute approximate surface area is 189 Å². The average Bonchev–Trinajstić information content (AvgIpc) is 3.27. The lowest BCUT2D eigenvalue weighted by molar-refractivity contribution is -0.126. The molecular weight excluding hydrogens is 460 g/mol. The minimum absolute atomic E-state index is 0.0203. The van der Waals surface area contributed by atoms with Gasteiger partial charge in [0.2, 0.25) is 17.6 Å². The molecule has 1 aromatic heterocycles. The topological polar surface area (TPSA) is 80.5 Å². The molecule has 1 fully saturated rings. The molecular formula is C23H25BrN4O3. The highest BCUT2D eigenvalue weighted by Gasteiger charge is 2.26. The monoisotopic (exact) mass is 484 g/mol. The second kappa shape index (κ2) is 10.1. The Balaban J connectivity index is 1.25. The Morgan fingerprint density at radius 1 is 1.19 bits per heavy atom. The minimum Gasteiger partial charge on any atom is -0.496 e. The van der Waals surface area contributed by atoms with Gasteiger partial charge in [0.25, 0.3) is 0 Å². The van der Waals surface area contributed by atoms with Crippen LogP contribution in [0.1, 0.15) is 24.3 Å². The van der Waals surface area contributed by atoms with E-state index in [1.54, 1.807) is 7.11 Å². The van der Waals surface area contributed by atoms with Crippen molar-refractivity contribution in [2.24, 2.45) is 5.92 Å². The van der Waals surface area contributed by atoms with Crippen molar-refractivity contribution in [3.05, 3.63) is 64.5 Å². The third kappa shape index (κ3) is 5.51. The molecule has 0 radical (unpaired) electrons. The quantitative estimate of drug-likeness (QED) is 0.544. The van der Waals surface area contributed by atoms with Crippen LogP contribution in [0.2, 0.25) is 0 Å². The number of methoxy groups -OCH3 is 1. The van der Waals surface area contributed by atoms with Crippen molar-refractivity contribution in [2.45, 2.75) is 25.9 Å². The summed E-state index contributed by atoms with van der Waals surface area (Å²) in [4.78, 5) is 19.4. The van der Waals surface area contributed by atoms with Gasteiger partial charge in [-0.1, -0.05) is 39.3 Å². The predicted octanol–water partition coefficient (Wildman–Crippen LogP) is 4.04. The van der Waals surface area contributed by atoms with Gasteiger partial charge in [0.05, 0.1) is 13.7 Å². The van der Waals surface area contributed by atoms with Gasteiger partial charge in [0.15, 0.2) is 0 Å². The first-order chi connectivity index (χ1) is 15.1. The molecule has 1 amide bonds. The SMILES string of the molecule is COc1ccccc1CNC(=O)C1CCN(Cc2nc(-c3ccc(Br)cc3)no2)CC1. The first-order valence-corrected chi connectivity index (χ1v) is 11.1. The summed E-state index contributed by atoms with van der Waals surface area (Å²) in [6.07, 6.45) is 1.62. The van der Waals surface area contributed by atoms with Crippen LogP contribution >= 0.6 is 15.9 Å². The van der Waals surface area contributed by atoms with Crippen LogP contribution in [0.4, 0.5) is 0 Å². The number of aromatic nitrogens is 2. The number of carbonyl (C=O) groups is 1. The van der Waals surface area contributed by atoms with E-state index in [0.717, 1.165) is 47.3 Å². The summed E-state index contributed by atoms with van der Waals surface area (Å²) in [5.74, 6) is 2.10. The number of piperidine rings is 1. The van der Waals surface area contributed by atoms with Crippen molar-refractivity contribution in [1.29, 1.82) is 0 Å². The number of amides is 1. The number of ether oxygens (including phenoxy) is 1. The van der Waals surface area contributed by atoms with E-state index in [1.807, 2.05) is 48.5 Å². The van der Waals surface area contributed by atoms with Crippen LogP contribution < -0.4 is 10.1 Å². The third-order valence-corrected chi connectivity index (χ3v) is 6.06. The molecule has 8 heteroatoms. The lowest BCUT2D eigenvalue weighted by Crippen LogP contribution is -2.40. The number of rotatable bonds is 7. The fraction of sp³-hybridized carbons (Fsp3) is 0.348. The van der Waals surface area contributed by atoms with Crippen molar-refractivity contribution < 1.29 is 14.1 Å². The second-order valence-electron chi connectivity index (χ2n) is 7.60. The molecule has 0 atom stereocenters. The van der Waals surface area contributed by atoms with Crippen molar-refractivity contribution in [2.75, 3.05) is 20.2 Å². The zero-order chi connectivity index (χ0) is 21.6. The number of hydrogen-bond donors (Lipinski definition) is 1. The first kappa shape index (κ1) is 21.5. The van der Waals surface area contributed by atoms with Crippen molar-refractivity contribution in [1.82, 2.24) is 20.4 Å². The van der Waals surface area contributed by atoms with Gasteiger partial charge in [-0.2, -0.15) is 4.98 Å². The molecule has 1 aliphatic rings. The predicted molar refractivity (Wildman–Crippen MR) is 120 cm³/mol. The summed E-state index contributed by atoms with van der Waals surface area (Å²) < 4.78 is 11.8. The smallest absolute Gasteiger partial charge is 0.241 e. The third-order valence-electron chi connectivity index (χ3n) is 5.53. The number of nitrogens with one attached hydrogen (secondary N) is 1. The summed E-state index contributed by atoms with van der Waals surface area (Å²) in [5, 5.41) is 7.14. The highest BCUT2D eigenvalue weighted by Crippen LogP contribution is 2.22. The average molecular weight is 485 g/mol. The summed E-state index contributed by atoms with van der Waals surface area (Å²) in [7, 11) is 1.64. The lowest BCUT2D eigenvalue weighted by Gasteiger charge is -2.30. The molecule has 0 unspecified atom stereocenters. The summed E-state index contributed by atoms with van der Waals surface area (Å²) in [6, 6.07) is 15.5. The molecule has 1 saturated heterocycles. The van der Waals surface area contributed by atoms with Gasteiger partial charge in [-0.25, -0.2) is 0 Å². The maximum absolute atomic E-state index is 12.6. The van der Waals surface area contributed by atoms with Crippen LogP contribution in [0.25, 0.3) is 11.4 Å². The van der Waals surface area contributed by atoms with E-state index in [2.05, 4.69) is 36.3 Å². The molecule has 4 rings (SSSR count). The molecule has 7 nitrogen and oxygen atoms in total. The maximum Gasteiger partial charge on any atom is 0.241 e. The molecule has 31 heavy (non-hydrogen) atoms. The standard InChI is InChI=1S/C23H25BrN4O3/c1-30-20-5-3-2-4-18(20)14-25-23(29)17-10-12-28(13-11-17)15-21-26-22(27-31-21)16-6-8-19(24)9-7-16/h2-9,17H,10-15H2,1H3,(H,25,29). The van der Waals surface area contributed by atoms with E-state index in [0.29, 0.717) is 24.8 Å². The normalized spacial score (nSPS) is 15.0. The van der Waals surface area contributed by atoms with Gasteiger partial charge in [0.1, 0.15) is 5.75 Å². The number of likely N-dealkylation sites (tertiary alicyclic amines) is 1. The lowest BCUT2D eigenvalue weighted by atomic mass is 9.96. The van der Waals surface area contributed by atoms with Crippen LogP contribution in [0.15, 0.2) is 57.5 Å². The number of carbonyl (C=O) groups excluding carboxylic acids is 1. The maximum atomic E-state index is 12.6.